The molecule has 0 aliphatic heterocycles. The van der Waals surface area contributed by atoms with Crippen LogP contribution in [0.3, 0.4) is 0 Å². The number of thioether (sulfide) groups is 1. The van der Waals surface area contributed by atoms with Crippen LogP contribution in [0.5, 0.6) is 0 Å². The highest BCUT2D eigenvalue weighted by atomic mass is 79.9. The zero-order valence-corrected chi connectivity index (χ0v) is 14.4. The van der Waals surface area contributed by atoms with E-state index in [4.69, 9.17) is 11.6 Å². The van der Waals surface area contributed by atoms with Gasteiger partial charge in [-0.1, -0.05) is 51.8 Å². The van der Waals surface area contributed by atoms with E-state index >= 15 is 0 Å². The van der Waals surface area contributed by atoms with Crippen LogP contribution in [0.2, 0.25) is 5.02 Å². The van der Waals surface area contributed by atoms with Crippen LogP contribution in [0.1, 0.15) is 5.56 Å². The molecule has 106 valence electrons. The summed E-state index contributed by atoms with van der Waals surface area (Å²) < 4.78 is 1.02. The van der Waals surface area contributed by atoms with Crippen molar-refractivity contribution in [3.8, 4) is 0 Å². The van der Waals surface area contributed by atoms with Gasteiger partial charge in [-0.2, -0.15) is 0 Å². The first-order valence-electron chi connectivity index (χ1n) is 6.48. The molecule has 0 spiro atoms. The number of hydrogen-bond acceptors (Lipinski definition) is 2. The Bertz CT molecular complexity index is 547. The van der Waals surface area contributed by atoms with E-state index < -0.39 is 0 Å². The van der Waals surface area contributed by atoms with Crippen LogP contribution >= 0.6 is 39.3 Å². The van der Waals surface area contributed by atoms with Gasteiger partial charge in [0, 0.05) is 26.2 Å². The van der Waals surface area contributed by atoms with Gasteiger partial charge >= 0.3 is 0 Å². The predicted octanol–water partition coefficient (Wildman–Crippen LogP) is 5.03. The quantitative estimate of drug-likeness (QED) is 0.716. The summed E-state index contributed by atoms with van der Waals surface area (Å²) in [5.74, 6) is 1.02. The molecule has 0 radical (unpaired) electrons. The van der Waals surface area contributed by atoms with Gasteiger partial charge in [-0.25, -0.2) is 0 Å². The van der Waals surface area contributed by atoms with Gasteiger partial charge < -0.3 is 5.32 Å². The van der Waals surface area contributed by atoms with Gasteiger partial charge in [0.25, 0.3) is 0 Å². The zero-order chi connectivity index (χ0) is 14.4. The summed E-state index contributed by atoms with van der Waals surface area (Å²) in [5, 5.41) is 4.19. The number of hydrogen-bond donors (Lipinski definition) is 1. The molecule has 0 heterocycles. The lowest BCUT2D eigenvalue weighted by Gasteiger charge is -2.17. The van der Waals surface area contributed by atoms with Gasteiger partial charge in [-0.05, 0) is 43.3 Å². The van der Waals surface area contributed by atoms with Crippen molar-refractivity contribution < 1.29 is 0 Å². The molecule has 0 aliphatic carbocycles. The van der Waals surface area contributed by atoms with E-state index in [9.17, 15) is 0 Å². The van der Waals surface area contributed by atoms with Gasteiger partial charge in [0.15, 0.2) is 0 Å². The second-order valence-corrected chi connectivity index (χ2v) is 6.97. The molecule has 4 heteroatoms. The van der Waals surface area contributed by atoms with Crippen molar-refractivity contribution in [2.45, 2.75) is 17.4 Å². The van der Waals surface area contributed by atoms with Crippen LogP contribution < -0.4 is 5.32 Å². The third-order valence-corrected chi connectivity index (χ3v) is 5.10. The molecular formula is C16H17BrClNS. The van der Waals surface area contributed by atoms with Crippen LogP contribution in [0.15, 0.2) is 57.9 Å². The summed E-state index contributed by atoms with van der Waals surface area (Å²) in [6.45, 7) is 0. The Morgan fingerprint density at radius 2 is 1.95 bits per heavy atom. The molecule has 0 amide bonds. The second kappa shape index (κ2) is 8.08. The highest BCUT2D eigenvalue weighted by Crippen LogP contribution is 2.24. The minimum absolute atomic E-state index is 0.402. The summed E-state index contributed by atoms with van der Waals surface area (Å²) in [7, 11) is 2.00. The Kier molecular flexibility index (Phi) is 6.43. The van der Waals surface area contributed by atoms with E-state index in [0.29, 0.717) is 6.04 Å². The van der Waals surface area contributed by atoms with Crippen molar-refractivity contribution in [2.75, 3.05) is 12.8 Å². The molecule has 0 fully saturated rings. The summed E-state index contributed by atoms with van der Waals surface area (Å²) in [6.07, 6.45) is 0.933. The normalized spacial score (nSPS) is 12.3. The van der Waals surface area contributed by atoms with Crippen LogP contribution in [0.4, 0.5) is 0 Å². The van der Waals surface area contributed by atoms with Gasteiger partial charge in [0.05, 0.1) is 0 Å². The van der Waals surface area contributed by atoms with E-state index in [1.54, 1.807) is 0 Å². The van der Waals surface area contributed by atoms with Gasteiger partial charge in [-0.3, -0.25) is 0 Å². The van der Waals surface area contributed by atoms with E-state index in [1.807, 2.05) is 37.0 Å². The van der Waals surface area contributed by atoms with Crippen LogP contribution in [-0.2, 0) is 6.42 Å². The molecular weight excluding hydrogens is 354 g/mol. The SMILES string of the molecule is CNC(CSc1ccccc1)Cc1ccc(Br)cc1Cl. The Labute approximate surface area is 138 Å². The number of halogens is 2. The third-order valence-electron chi connectivity index (χ3n) is 3.08. The van der Waals surface area contributed by atoms with Crippen molar-refractivity contribution in [3.63, 3.8) is 0 Å². The van der Waals surface area contributed by atoms with Gasteiger partial charge in [-0.15, -0.1) is 11.8 Å². The highest BCUT2D eigenvalue weighted by Gasteiger charge is 2.10. The number of benzene rings is 2. The molecule has 2 rings (SSSR count). The van der Waals surface area contributed by atoms with Crippen LogP contribution in [0, 0.1) is 0 Å². The van der Waals surface area contributed by atoms with E-state index in [0.717, 1.165) is 21.7 Å². The first-order chi connectivity index (χ1) is 9.69. The number of nitrogens with one attached hydrogen (secondary N) is 1. The lowest BCUT2D eigenvalue weighted by Crippen LogP contribution is -2.30. The number of likely N-dealkylation sites (N-methyl/N-ethyl adjacent to an activating group) is 1. The summed E-state index contributed by atoms with van der Waals surface area (Å²) >= 11 is 11.6. The monoisotopic (exact) mass is 369 g/mol. The number of rotatable bonds is 6. The van der Waals surface area contributed by atoms with Crippen molar-refractivity contribution in [3.05, 3.63) is 63.6 Å². The smallest absolute Gasteiger partial charge is 0.0449 e. The molecule has 0 aromatic heterocycles. The average molecular weight is 371 g/mol. The van der Waals surface area contributed by atoms with Gasteiger partial charge in [0.2, 0.25) is 0 Å². The molecule has 0 saturated heterocycles. The second-order valence-electron chi connectivity index (χ2n) is 4.55. The van der Waals surface area contributed by atoms with Crippen LogP contribution in [-0.4, -0.2) is 18.8 Å². The largest absolute Gasteiger partial charge is 0.316 e. The van der Waals surface area contributed by atoms with Crippen molar-refractivity contribution in [1.29, 1.82) is 0 Å². The molecule has 1 atom stereocenters. The molecule has 1 nitrogen and oxygen atoms in total. The third kappa shape index (κ3) is 4.81. The molecule has 0 saturated carbocycles. The maximum atomic E-state index is 6.28. The highest BCUT2D eigenvalue weighted by molar-refractivity contribution is 9.10. The molecule has 20 heavy (non-hydrogen) atoms. The zero-order valence-electron chi connectivity index (χ0n) is 11.3. The predicted molar refractivity (Wildman–Crippen MR) is 92.9 cm³/mol. The fourth-order valence-corrected chi connectivity index (χ4v) is 3.69. The van der Waals surface area contributed by atoms with E-state index in [-0.39, 0.29) is 0 Å². The molecule has 2 aromatic rings. The van der Waals surface area contributed by atoms with Gasteiger partial charge in [0.1, 0.15) is 0 Å². The summed E-state index contributed by atoms with van der Waals surface area (Å²) in [6, 6.07) is 17.0. The molecule has 1 unspecified atom stereocenters. The molecule has 2 aromatic carbocycles. The minimum atomic E-state index is 0.402. The minimum Gasteiger partial charge on any atom is -0.316 e. The lowest BCUT2D eigenvalue weighted by molar-refractivity contribution is 0.617. The Morgan fingerprint density at radius 1 is 1.20 bits per heavy atom. The Morgan fingerprint density at radius 3 is 2.60 bits per heavy atom. The fourth-order valence-electron chi connectivity index (χ4n) is 1.91. The topological polar surface area (TPSA) is 12.0 Å². The van der Waals surface area contributed by atoms with Crippen molar-refractivity contribution in [2.24, 2.45) is 0 Å². The standard InChI is InChI=1S/C16H17BrClNS/c1-19-14(11-20-15-5-3-2-4-6-15)9-12-7-8-13(17)10-16(12)18/h2-8,10,14,19H,9,11H2,1H3. The first kappa shape index (κ1) is 15.9. The van der Waals surface area contributed by atoms with Crippen molar-refractivity contribution >= 4 is 39.3 Å². The molecule has 0 bridgehead atoms. The van der Waals surface area contributed by atoms with E-state index in [2.05, 4.69) is 51.6 Å². The Hall–Kier alpha value is -0.480. The molecule has 1 N–H and O–H groups in total. The fraction of sp³-hybridized carbons (Fsp3) is 0.250. The summed E-state index contributed by atoms with van der Waals surface area (Å²) in [5.41, 5.74) is 1.18. The summed E-state index contributed by atoms with van der Waals surface area (Å²) in [4.78, 5) is 1.30. The van der Waals surface area contributed by atoms with E-state index in [1.165, 1.54) is 10.5 Å². The average Bonchev–Trinajstić information content (AvgIpc) is 2.46. The lowest BCUT2D eigenvalue weighted by atomic mass is 10.1. The van der Waals surface area contributed by atoms with Crippen molar-refractivity contribution in [1.82, 2.24) is 5.32 Å². The van der Waals surface area contributed by atoms with Crippen LogP contribution in [0.25, 0.3) is 0 Å². The maximum Gasteiger partial charge on any atom is 0.0449 e. The molecule has 0 aliphatic rings. The maximum absolute atomic E-state index is 6.28. The Balaban J connectivity index is 1.95. The first-order valence-corrected chi connectivity index (χ1v) is 8.63.